The van der Waals surface area contributed by atoms with Gasteiger partial charge in [-0.2, -0.15) is 5.11 Å². The molecular formula is C17H12N2O. The van der Waals surface area contributed by atoms with Crippen molar-refractivity contribution in [1.82, 2.24) is 0 Å². The molecule has 0 aromatic heterocycles. The van der Waals surface area contributed by atoms with Gasteiger partial charge in [0.25, 0.3) is 0 Å². The number of rotatable bonds is 3. The predicted molar refractivity (Wildman–Crippen MR) is 80.0 cm³/mol. The summed E-state index contributed by atoms with van der Waals surface area (Å²) in [4.78, 5) is 11.4. The molecule has 0 bridgehead atoms. The molecule has 0 saturated carbocycles. The smallest absolute Gasteiger partial charge is 0.152 e. The molecule has 3 heteroatoms. The molecule has 3 aromatic rings. The Bertz CT molecular complexity index is 779. The summed E-state index contributed by atoms with van der Waals surface area (Å²) in [5.74, 6) is 0. The van der Waals surface area contributed by atoms with Crippen LogP contribution in [0, 0.1) is 0 Å². The predicted octanol–water partition coefficient (Wildman–Crippen LogP) is 5.07. The molecule has 0 saturated heterocycles. The highest BCUT2D eigenvalue weighted by molar-refractivity contribution is 6.02. The highest BCUT2D eigenvalue weighted by Crippen LogP contribution is 2.28. The van der Waals surface area contributed by atoms with E-state index < -0.39 is 0 Å². The lowest BCUT2D eigenvalue weighted by atomic mass is 10.0. The number of hydrogen-bond donors (Lipinski definition) is 0. The first-order valence-corrected chi connectivity index (χ1v) is 6.32. The van der Waals surface area contributed by atoms with Crippen LogP contribution in [0.5, 0.6) is 0 Å². The highest BCUT2D eigenvalue weighted by Gasteiger charge is 2.05. The maximum Gasteiger partial charge on any atom is 0.152 e. The first kappa shape index (κ1) is 12.2. The van der Waals surface area contributed by atoms with Gasteiger partial charge in [0, 0.05) is 5.56 Å². The lowest BCUT2D eigenvalue weighted by Gasteiger charge is -2.03. The van der Waals surface area contributed by atoms with Gasteiger partial charge in [-0.3, -0.25) is 4.79 Å². The second-order valence-electron chi connectivity index (χ2n) is 4.37. The van der Waals surface area contributed by atoms with Gasteiger partial charge < -0.3 is 0 Å². The molecule has 0 fully saturated rings. The molecule has 0 spiro atoms. The number of benzene rings is 3. The number of aldehydes is 1. The molecule has 3 nitrogen and oxygen atoms in total. The lowest BCUT2D eigenvalue weighted by molar-refractivity contribution is 0.112. The molecule has 0 aliphatic carbocycles. The van der Waals surface area contributed by atoms with E-state index in [1.807, 2.05) is 66.7 Å². The minimum absolute atomic E-state index is 0.572. The van der Waals surface area contributed by atoms with Gasteiger partial charge in [0.15, 0.2) is 6.29 Å². The van der Waals surface area contributed by atoms with E-state index in [2.05, 4.69) is 10.2 Å². The van der Waals surface area contributed by atoms with Crippen molar-refractivity contribution in [3.63, 3.8) is 0 Å². The van der Waals surface area contributed by atoms with Crippen LogP contribution in [0.3, 0.4) is 0 Å². The number of nitrogens with zero attached hydrogens (tertiary/aromatic N) is 2. The topological polar surface area (TPSA) is 41.8 Å². The Kier molecular flexibility index (Phi) is 3.33. The van der Waals surface area contributed by atoms with Gasteiger partial charge in [0.05, 0.1) is 11.4 Å². The summed E-state index contributed by atoms with van der Waals surface area (Å²) in [7, 11) is 0. The zero-order valence-electron chi connectivity index (χ0n) is 10.7. The van der Waals surface area contributed by atoms with Crippen LogP contribution in [-0.4, -0.2) is 6.29 Å². The Labute approximate surface area is 116 Å². The molecular weight excluding hydrogens is 248 g/mol. The van der Waals surface area contributed by atoms with Gasteiger partial charge in [-0.25, -0.2) is 0 Å². The Morgan fingerprint density at radius 2 is 1.50 bits per heavy atom. The van der Waals surface area contributed by atoms with Crippen molar-refractivity contribution < 1.29 is 4.79 Å². The summed E-state index contributed by atoms with van der Waals surface area (Å²) in [5.41, 5.74) is 1.92. The first-order chi connectivity index (χ1) is 9.88. The van der Waals surface area contributed by atoms with Crippen LogP contribution in [0.4, 0.5) is 11.4 Å². The van der Waals surface area contributed by atoms with Gasteiger partial charge in [-0.15, -0.1) is 5.11 Å². The zero-order chi connectivity index (χ0) is 13.8. The fourth-order valence-corrected chi connectivity index (χ4v) is 2.10. The second-order valence-corrected chi connectivity index (χ2v) is 4.37. The van der Waals surface area contributed by atoms with Crippen LogP contribution in [-0.2, 0) is 0 Å². The average Bonchev–Trinajstić information content (AvgIpc) is 2.53. The fraction of sp³-hybridized carbons (Fsp3) is 0. The molecule has 3 aromatic carbocycles. The molecule has 0 heterocycles. The van der Waals surface area contributed by atoms with E-state index in [-0.39, 0.29) is 0 Å². The third-order valence-electron chi connectivity index (χ3n) is 3.09. The number of azo groups is 1. The molecule has 3 rings (SSSR count). The molecule has 0 amide bonds. The van der Waals surface area contributed by atoms with Crippen LogP contribution in [0.25, 0.3) is 10.8 Å². The van der Waals surface area contributed by atoms with Crippen molar-refractivity contribution in [2.75, 3.05) is 0 Å². The van der Waals surface area contributed by atoms with E-state index in [0.717, 1.165) is 22.7 Å². The van der Waals surface area contributed by atoms with Crippen LogP contribution < -0.4 is 0 Å². The average molecular weight is 260 g/mol. The third kappa shape index (κ3) is 2.34. The van der Waals surface area contributed by atoms with Crippen LogP contribution in [0.2, 0.25) is 0 Å². The van der Waals surface area contributed by atoms with E-state index in [4.69, 9.17) is 0 Å². The Hall–Kier alpha value is -2.81. The van der Waals surface area contributed by atoms with Crippen molar-refractivity contribution in [2.24, 2.45) is 10.2 Å². The largest absolute Gasteiger partial charge is 0.298 e. The number of carbonyl (C=O) groups is 1. The summed E-state index contributed by atoms with van der Waals surface area (Å²) in [6, 6.07) is 21.0. The van der Waals surface area contributed by atoms with Gasteiger partial charge in [0.2, 0.25) is 0 Å². The number of carbonyl (C=O) groups excluding carboxylic acids is 1. The minimum atomic E-state index is 0.572. The summed E-state index contributed by atoms with van der Waals surface area (Å²) in [6.07, 6.45) is 0.835. The van der Waals surface area contributed by atoms with Gasteiger partial charge in [-0.05, 0) is 29.0 Å². The van der Waals surface area contributed by atoms with Crippen molar-refractivity contribution in [3.8, 4) is 0 Å². The molecule has 20 heavy (non-hydrogen) atoms. The maximum absolute atomic E-state index is 11.4. The van der Waals surface area contributed by atoms with Crippen molar-refractivity contribution in [2.45, 2.75) is 0 Å². The second kappa shape index (κ2) is 5.45. The number of fused-ring (bicyclic) bond motifs is 1. The van der Waals surface area contributed by atoms with Gasteiger partial charge in [-0.1, -0.05) is 48.5 Å². The van der Waals surface area contributed by atoms with E-state index in [1.165, 1.54) is 0 Å². The number of hydrogen-bond acceptors (Lipinski definition) is 3. The Morgan fingerprint density at radius 3 is 2.30 bits per heavy atom. The zero-order valence-corrected chi connectivity index (χ0v) is 10.7. The van der Waals surface area contributed by atoms with E-state index >= 15 is 0 Å². The third-order valence-corrected chi connectivity index (χ3v) is 3.09. The summed E-state index contributed by atoms with van der Waals surface area (Å²) >= 11 is 0. The normalized spacial score (nSPS) is 11.0. The molecule has 96 valence electrons. The molecule has 0 unspecified atom stereocenters. The van der Waals surface area contributed by atoms with E-state index in [9.17, 15) is 4.79 Å². The summed E-state index contributed by atoms with van der Waals surface area (Å²) < 4.78 is 0. The molecule has 0 radical (unpaired) electrons. The molecule has 0 N–H and O–H groups in total. The maximum atomic E-state index is 11.4. The summed E-state index contributed by atoms with van der Waals surface area (Å²) in [6.45, 7) is 0. The molecule has 0 aliphatic rings. The molecule has 0 atom stereocenters. The monoisotopic (exact) mass is 260 g/mol. The van der Waals surface area contributed by atoms with Crippen molar-refractivity contribution >= 4 is 28.4 Å². The van der Waals surface area contributed by atoms with Crippen molar-refractivity contribution in [1.29, 1.82) is 0 Å². The van der Waals surface area contributed by atoms with E-state index in [0.29, 0.717) is 11.3 Å². The lowest BCUT2D eigenvalue weighted by Crippen LogP contribution is -1.84. The fourth-order valence-electron chi connectivity index (χ4n) is 2.10. The molecule has 0 aliphatic heterocycles. The first-order valence-electron chi connectivity index (χ1n) is 6.32. The van der Waals surface area contributed by atoms with Crippen LogP contribution in [0.1, 0.15) is 10.4 Å². The summed E-state index contributed by atoms with van der Waals surface area (Å²) in [5, 5.41) is 10.3. The van der Waals surface area contributed by atoms with Crippen LogP contribution >= 0.6 is 0 Å². The minimum Gasteiger partial charge on any atom is -0.298 e. The van der Waals surface area contributed by atoms with Gasteiger partial charge >= 0.3 is 0 Å². The quantitative estimate of drug-likeness (QED) is 0.479. The van der Waals surface area contributed by atoms with Crippen molar-refractivity contribution in [3.05, 3.63) is 72.3 Å². The van der Waals surface area contributed by atoms with E-state index in [1.54, 1.807) is 0 Å². The Balaban J connectivity index is 2.08. The SMILES string of the molecule is O=Cc1c(N=Nc2ccccc2)ccc2ccccc12. The standard InChI is InChI=1S/C17H12N2O/c20-12-16-15-9-5-4-6-13(15)10-11-17(16)19-18-14-7-2-1-3-8-14/h1-12H. The highest BCUT2D eigenvalue weighted by atomic mass is 16.1. The van der Waals surface area contributed by atoms with Gasteiger partial charge in [0.1, 0.15) is 0 Å². The van der Waals surface area contributed by atoms with Crippen LogP contribution in [0.15, 0.2) is 77.0 Å². The Morgan fingerprint density at radius 1 is 0.750 bits per heavy atom.